The molecule has 0 aliphatic carbocycles. The summed E-state index contributed by atoms with van der Waals surface area (Å²) < 4.78 is 34.3. The highest BCUT2D eigenvalue weighted by Crippen LogP contribution is 2.25. The van der Waals surface area contributed by atoms with Crippen LogP contribution in [0, 0.1) is 11.6 Å². The third-order valence-corrected chi connectivity index (χ3v) is 6.64. The lowest BCUT2D eigenvalue weighted by Gasteiger charge is -2.10. The Hall–Kier alpha value is -2.23. The Morgan fingerprint density at radius 2 is 1.14 bits per heavy atom. The highest BCUT2D eigenvalue weighted by molar-refractivity contribution is 5.91. The fourth-order valence-electron chi connectivity index (χ4n) is 4.37. The van der Waals surface area contributed by atoms with Crippen molar-refractivity contribution in [1.82, 2.24) is 0 Å². The van der Waals surface area contributed by atoms with Gasteiger partial charge in [0.05, 0.1) is 5.56 Å². The molecule has 0 saturated heterocycles. The van der Waals surface area contributed by atoms with Crippen molar-refractivity contribution in [3.8, 4) is 5.75 Å². The quantitative estimate of drug-likeness (QED) is 0.119. The Labute approximate surface area is 211 Å². The Balaban J connectivity index is 1.77. The molecule has 0 N–H and O–H groups in total. The number of hydrogen-bond donors (Lipinski definition) is 0. The van der Waals surface area contributed by atoms with Gasteiger partial charge in [0.15, 0.2) is 11.6 Å². The SMILES string of the molecule is CCCCCCCCCCCc1ccc(OC(=O)c2ccc(CCCCCCC)cc2)c(F)c1F. The monoisotopic (exact) mass is 486 g/mol. The van der Waals surface area contributed by atoms with Gasteiger partial charge in [0.2, 0.25) is 5.82 Å². The van der Waals surface area contributed by atoms with Gasteiger partial charge in [-0.15, -0.1) is 0 Å². The van der Waals surface area contributed by atoms with Crippen molar-refractivity contribution in [2.24, 2.45) is 0 Å². The zero-order valence-electron chi connectivity index (χ0n) is 21.9. The van der Waals surface area contributed by atoms with E-state index >= 15 is 0 Å². The first kappa shape index (κ1) is 29.0. The molecule has 0 heterocycles. The summed E-state index contributed by atoms with van der Waals surface area (Å²) >= 11 is 0. The van der Waals surface area contributed by atoms with Crippen LogP contribution in [0.25, 0.3) is 0 Å². The van der Waals surface area contributed by atoms with Gasteiger partial charge >= 0.3 is 5.97 Å². The number of carbonyl (C=O) groups is 1. The molecule has 2 aromatic carbocycles. The molecule has 0 saturated carbocycles. The van der Waals surface area contributed by atoms with Crippen molar-refractivity contribution in [1.29, 1.82) is 0 Å². The lowest BCUT2D eigenvalue weighted by Crippen LogP contribution is -2.11. The average Bonchev–Trinajstić information content (AvgIpc) is 2.87. The summed E-state index contributed by atoms with van der Waals surface area (Å²) in [6.45, 7) is 4.42. The van der Waals surface area contributed by atoms with E-state index in [1.165, 1.54) is 76.3 Å². The summed E-state index contributed by atoms with van der Waals surface area (Å²) in [4.78, 5) is 12.5. The van der Waals surface area contributed by atoms with Gasteiger partial charge in [-0.05, 0) is 55.0 Å². The minimum atomic E-state index is -1.09. The number of rotatable bonds is 18. The largest absolute Gasteiger partial charge is 0.420 e. The van der Waals surface area contributed by atoms with Crippen molar-refractivity contribution in [3.63, 3.8) is 0 Å². The van der Waals surface area contributed by atoms with E-state index in [9.17, 15) is 13.6 Å². The van der Waals surface area contributed by atoms with Crippen molar-refractivity contribution in [2.75, 3.05) is 0 Å². The Bertz CT molecular complexity index is 861. The van der Waals surface area contributed by atoms with Crippen LogP contribution in [0.5, 0.6) is 5.75 Å². The van der Waals surface area contributed by atoms with E-state index in [0.29, 0.717) is 17.5 Å². The van der Waals surface area contributed by atoms with Crippen LogP contribution in [0.2, 0.25) is 0 Å². The number of unbranched alkanes of at least 4 members (excludes halogenated alkanes) is 12. The van der Waals surface area contributed by atoms with Crippen LogP contribution in [-0.4, -0.2) is 5.97 Å². The first-order chi connectivity index (χ1) is 17.1. The first-order valence-corrected chi connectivity index (χ1v) is 13.8. The maximum Gasteiger partial charge on any atom is 0.343 e. The average molecular weight is 487 g/mol. The van der Waals surface area contributed by atoms with Gasteiger partial charge in [0.1, 0.15) is 0 Å². The first-order valence-electron chi connectivity index (χ1n) is 13.8. The summed E-state index contributed by atoms with van der Waals surface area (Å²) in [5, 5.41) is 0. The molecule has 0 aliphatic heterocycles. The molecule has 0 atom stereocenters. The predicted molar refractivity (Wildman–Crippen MR) is 141 cm³/mol. The number of esters is 1. The topological polar surface area (TPSA) is 26.3 Å². The molecule has 0 unspecified atom stereocenters. The second-order valence-corrected chi connectivity index (χ2v) is 9.68. The fraction of sp³-hybridized carbons (Fsp3) is 0.581. The Morgan fingerprint density at radius 1 is 0.629 bits per heavy atom. The van der Waals surface area contributed by atoms with Crippen LogP contribution < -0.4 is 4.74 Å². The number of halogens is 2. The summed E-state index contributed by atoms with van der Waals surface area (Å²) in [5.74, 6) is -3.03. The van der Waals surface area contributed by atoms with E-state index in [1.54, 1.807) is 12.1 Å². The molecule has 0 aliphatic rings. The molecule has 2 nitrogen and oxygen atoms in total. The van der Waals surface area contributed by atoms with Gasteiger partial charge < -0.3 is 4.74 Å². The summed E-state index contributed by atoms with van der Waals surface area (Å²) in [6, 6.07) is 10.1. The van der Waals surface area contributed by atoms with Crippen LogP contribution in [0.4, 0.5) is 8.78 Å². The van der Waals surface area contributed by atoms with Gasteiger partial charge in [-0.1, -0.05) is 109 Å². The predicted octanol–water partition coefficient (Wildman–Crippen LogP) is 9.77. The van der Waals surface area contributed by atoms with Gasteiger partial charge in [-0.2, -0.15) is 4.39 Å². The molecule has 0 bridgehead atoms. The maximum absolute atomic E-state index is 14.6. The third-order valence-electron chi connectivity index (χ3n) is 6.64. The molecular formula is C31H44F2O2. The van der Waals surface area contributed by atoms with Crippen molar-refractivity contribution in [2.45, 2.75) is 117 Å². The standard InChI is InChI=1S/C31H44F2O2/c1-3-5-7-9-10-11-12-14-16-18-26-23-24-28(30(33)29(26)32)35-31(34)27-21-19-25(20-22-27)17-15-13-8-6-4-2/h19-24H,3-18H2,1-2H3. The molecule has 0 fully saturated rings. The Kier molecular flexibility index (Phi) is 14.3. The molecule has 194 valence electrons. The molecule has 0 spiro atoms. The minimum Gasteiger partial charge on any atom is -0.420 e. The highest BCUT2D eigenvalue weighted by atomic mass is 19.2. The number of ether oxygens (including phenoxy) is 1. The molecular weight excluding hydrogens is 442 g/mol. The van der Waals surface area contributed by atoms with Gasteiger partial charge in [-0.25, -0.2) is 9.18 Å². The van der Waals surface area contributed by atoms with E-state index in [0.717, 1.165) is 37.7 Å². The van der Waals surface area contributed by atoms with Crippen LogP contribution in [0.1, 0.15) is 125 Å². The molecule has 2 rings (SSSR count). The normalized spacial score (nSPS) is 11.1. The highest BCUT2D eigenvalue weighted by Gasteiger charge is 2.18. The van der Waals surface area contributed by atoms with Crippen LogP contribution in [0.3, 0.4) is 0 Å². The second-order valence-electron chi connectivity index (χ2n) is 9.68. The summed E-state index contributed by atoms with van der Waals surface area (Å²) in [5.41, 5.74) is 1.84. The summed E-state index contributed by atoms with van der Waals surface area (Å²) in [6.07, 6.45) is 18.1. The fourth-order valence-corrected chi connectivity index (χ4v) is 4.37. The lowest BCUT2D eigenvalue weighted by molar-refractivity contribution is 0.0726. The Morgan fingerprint density at radius 3 is 1.71 bits per heavy atom. The van der Waals surface area contributed by atoms with Crippen LogP contribution in [0.15, 0.2) is 36.4 Å². The van der Waals surface area contributed by atoms with E-state index < -0.39 is 17.6 Å². The number of carbonyl (C=O) groups excluding carboxylic acids is 1. The van der Waals surface area contributed by atoms with E-state index in [-0.39, 0.29) is 5.75 Å². The van der Waals surface area contributed by atoms with Gasteiger partial charge in [-0.3, -0.25) is 0 Å². The molecule has 4 heteroatoms. The zero-order chi connectivity index (χ0) is 25.3. The van der Waals surface area contributed by atoms with Crippen molar-refractivity contribution >= 4 is 5.97 Å². The third kappa shape index (κ3) is 10.9. The summed E-state index contributed by atoms with van der Waals surface area (Å²) in [7, 11) is 0. The second kappa shape index (κ2) is 17.2. The van der Waals surface area contributed by atoms with Gasteiger partial charge in [0, 0.05) is 0 Å². The van der Waals surface area contributed by atoms with Crippen LogP contribution >= 0.6 is 0 Å². The van der Waals surface area contributed by atoms with E-state index in [4.69, 9.17) is 4.74 Å². The van der Waals surface area contributed by atoms with Crippen LogP contribution in [-0.2, 0) is 12.8 Å². The van der Waals surface area contributed by atoms with Crippen molar-refractivity contribution < 1.29 is 18.3 Å². The molecule has 2 aromatic rings. The lowest BCUT2D eigenvalue weighted by atomic mass is 10.0. The molecule has 0 radical (unpaired) electrons. The zero-order valence-corrected chi connectivity index (χ0v) is 21.9. The smallest absolute Gasteiger partial charge is 0.343 e. The van der Waals surface area contributed by atoms with E-state index in [2.05, 4.69) is 13.8 Å². The van der Waals surface area contributed by atoms with Crippen molar-refractivity contribution in [3.05, 3.63) is 64.7 Å². The number of hydrogen-bond acceptors (Lipinski definition) is 2. The molecule has 35 heavy (non-hydrogen) atoms. The minimum absolute atomic E-state index is 0.332. The van der Waals surface area contributed by atoms with Gasteiger partial charge in [0.25, 0.3) is 0 Å². The number of aryl methyl sites for hydroxylation is 2. The van der Waals surface area contributed by atoms with E-state index in [1.807, 2.05) is 12.1 Å². The maximum atomic E-state index is 14.6. The molecule has 0 amide bonds. The number of benzene rings is 2. The molecule has 0 aromatic heterocycles.